The molecule has 0 saturated carbocycles. The van der Waals surface area contributed by atoms with Crippen molar-refractivity contribution in [1.82, 2.24) is 16.0 Å². The molecule has 0 radical (unpaired) electrons. The van der Waals surface area contributed by atoms with E-state index in [1.165, 1.54) is 11.8 Å². The first-order valence-electron chi connectivity index (χ1n) is 10.3. The Hall–Kier alpha value is -3.11. The summed E-state index contributed by atoms with van der Waals surface area (Å²) in [4.78, 5) is 63.5. The monoisotopic (exact) mass is 506 g/mol. The number of aliphatic carboxylic acids is 1. The topological polar surface area (TPSA) is 278 Å². The predicted molar refractivity (Wildman–Crippen MR) is 125 cm³/mol. The van der Waals surface area contributed by atoms with E-state index in [2.05, 4.69) is 15.6 Å². The van der Waals surface area contributed by atoms with Gasteiger partial charge in [-0.05, 0) is 31.3 Å². The highest BCUT2D eigenvalue weighted by Crippen LogP contribution is 2.04. The van der Waals surface area contributed by atoms with Gasteiger partial charge in [-0.25, -0.2) is 4.79 Å². The van der Waals surface area contributed by atoms with Crippen LogP contribution in [0, 0.1) is 0 Å². The summed E-state index contributed by atoms with van der Waals surface area (Å²) in [7, 11) is 0. The summed E-state index contributed by atoms with van der Waals surface area (Å²) in [6.45, 7) is -0.722. The minimum absolute atomic E-state index is 0.0722. The van der Waals surface area contributed by atoms with Gasteiger partial charge in [0.25, 0.3) is 0 Å². The highest BCUT2D eigenvalue weighted by atomic mass is 32.2. The van der Waals surface area contributed by atoms with Crippen molar-refractivity contribution in [3.63, 3.8) is 0 Å². The van der Waals surface area contributed by atoms with Crippen molar-refractivity contribution in [3.8, 4) is 0 Å². The second kappa shape index (κ2) is 16.5. The molecule has 15 nitrogen and oxygen atoms in total. The molecule has 0 saturated heterocycles. The maximum absolute atomic E-state index is 12.8. The first kappa shape index (κ1) is 30.9. The number of rotatable bonds is 17. The van der Waals surface area contributed by atoms with Gasteiger partial charge in [0.1, 0.15) is 18.1 Å². The van der Waals surface area contributed by atoms with Crippen molar-refractivity contribution in [2.24, 2.45) is 27.9 Å². The molecule has 0 rings (SSSR count). The number of hydrogen-bond acceptors (Lipinski definition) is 9. The lowest BCUT2D eigenvalue weighted by Gasteiger charge is -2.24. The molecule has 16 heteroatoms. The molecule has 0 aliphatic rings. The van der Waals surface area contributed by atoms with Gasteiger partial charge in [-0.3, -0.25) is 24.2 Å². The van der Waals surface area contributed by atoms with Gasteiger partial charge in [-0.15, -0.1) is 0 Å². The van der Waals surface area contributed by atoms with E-state index >= 15 is 0 Å². The highest BCUT2D eigenvalue weighted by molar-refractivity contribution is 7.98. The smallest absolute Gasteiger partial charge is 0.326 e. The number of nitrogens with zero attached hydrogens (tertiary/aromatic N) is 1. The number of carboxylic acid groups (broad SMARTS) is 1. The number of nitrogens with one attached hydrogen (secondary N) is 3. The van der Waals surface area contributed by atoms with Crippen molar-refractivity contribution >= 4 is 47.3 Å². The summed E-state index contributed by atoms with van der Waals surface area (Å²) in [5.74, 6) is -4.51. The number of carbonyl (C=O) groups excluding carboxylic acids is 4. The van der Waals surface area contributed by atoms with Crippen LogP contribution in [0.3, 0.4) is 0 Å². The molecule has 34 heavy (non-hydrogen) atoms. The van der Waals surface area contributed by atoms with Gasteiger partial charge < -0.3 is 49.1 Å². The Kier molecular flexibility index (Phi) is 15.0. The molecule has 0 bridgehead atoms. The summed E-state index contributed by atoms with van der Waals surface area (Å²) in [6.07, 6.45) is 1.88. The average molecular weight is 507 g/mol. The Morgan fingerprint density at radius 1 is 0.912 bits per heavy atom. The van der Waals surface area contributed by atoms with E-state index in [1.54, 1.807) is 0 Å². The molecule has 0 heterocycles. The largest absolute Gasteiger partial charge is 0.480 e. The zero-order valence-electron chi connectivity index (χ0n) is 18.9. The van der Waals surface area contributed by atoms with E-state index in [9.17, 15) is 29.1 Å². The Bertz CT molecular complexity index is 748. The fourth-order valence-corrected chi connectivity index (χ4v) is 3.06. The van der Waals surface area contributed by atoms with Crippen molar-refractivity contribution in [2.45, 2.75) is 49.9 Å². The van der Waals surface area contributed by atoms with E-state index in [-0.39, 0.29) is 25.3 Å². The lowest BCUT2D eigenvalue weighted by atomic mass is 10.1. The number of thioether (sulfide) groups is 1. The molecule has 4 unspecified atom stereocenters. The molecule has 0 aromatic heterocycles. The third-order valence-corrected chi connectivity index (χ3v) is 5.03. The molecule has 0 aliphatic heterocycles. The standard InChI is InChI=1S/C18H34N8O7S/c1-34-6-4-9(19)14(29)24-10(3-2-5-23-18(21)22)15(30)26-12(8-27)16(31)25-11(17(32)33)7-13(20)28/h9-12,27H,2-8,19H2,1H3,(H2,20,28)(H,24,29)(H,25,31)(H,26,30)(H,32,33)(H4,21,22,23). The van der Waals surface area contributed by atoms with E-state index in [0.717, 1.165) is 0 Å². The maximum atomic E-state index is 12.8. The number of primary amides is 1. The second-order valence-electron chi connectivity index (χ2n) is 7.21. The summed E-state index contributed by atoms with van der Waals surface area (Å²) < 4.78 is 0. The van der Waals surface area contributed by atoms with Crippen LogP contribution >= 0.6 is 11.8 Å². The summed E-state index contributed by atoms with van der Waals surface area (Å²) in [5, 5.41) is 25.4. The minimum atomic E-state index is -1.65. The predicted octanol–water partition coefficient (Wildman–Crippen LogP) is -4.47. The van der Waals surface area contributed by atoms with Gasteiger partial charge in [0, 0.05) is 6.54 Å². The van der Waals surface area contributed by atoms with Crippen molar-refractivity contribution in [2.75, 3.05) is 25.2 Å². The quantitative estimate of drug-likeness (QED) is 0.0515. The summed E-state index contributed by atoms with van der Waals surface area (Å²) in [5.41, 5.74) is 21.3. The third kappa shape index (κ3) is 12.8. The maximum Gasteiger partial charge on any atom is 0.326 e. The molecule has 0 aliphatic carbocycles. The van der Waals surface area contributed by atoms with Crippen LogP contribution in [-0.4, -0.2) is 95.1 Å². The van der Waals surface area contributed by atoms with Gasteiger partial charge in [0.05, 0.1) is 19.1 Å². The molecule has 0 spiro atoms. The van der Waals surface area contributed by atoms with E-state index in [4.69, 9.17) is 28.0 Å². The van der Waals surface area contributed by atoms with Crippen LogP contribution in [0.5, 0.6) is 0 Å². The molecule has 0 aromatic carbocycles. The summed E-state index contributed by atoms with van der Waals surface area (Å²) >= 11 is 1.50. The number of carboxylic acids is 1. The van der Waals surface area contributed by atoms with E-state index < -0.39 is 66.8 Å². The van der Waals surface area contributed by atoms with E-state index in [1.807, 2.05) is 11.6 Å². The fourth-order valence-electron chi connectivity index (χ4n) is 2.57. The van der Waals surface area contributed by atoms with Crippen LogP contribution < -0.4 is 38.9 Å². The minimum Gasteiger partial charge on any atom is -0.480 e. The van der Waals surface area contributed by atoms with E-state index in [0.29, 0.717) is 12.2 Å². The van der Waals surface area contributed by atoms with Crippen LogP contribution in [0.4, 0.5) is 0 Å². The molecule has 13 N–H and O–H groups in total. The summed E-state index contributed by atoms with van der Waals surface area (Å²) in [6, 6.07) is -5.24. The van der Waals surface area contributed by atoms with Gasteiger partial charge >= 0.3 is 5.97 Å². The Balaban J connectivity index is 5.33. The van der Waals surface area contributed by atoms with Crippen LogP contribution in [0.15, 0.2) is 4.99 Å². The SMILES string of the molecule is CSCCC(N)C(=O)NC(CCCN=C(N)N)C(=O)NC(CO)C(=O)NC(CC(N)=O)C(=O)O. The number of aliphatic imine (C=N–C) groups is 1. The average Bonchev–Trinajstić information content (AvgIpc) is 2.76. The van der Waals surface area contributed by atoms with Crippen molar-refractivity contribution in [3.05, 3.63) is 0 Å². The molecular weight excluding hydrogens is 472 g/mol. The molecule has 0 aromatic rings. The molecule has 0 fully saturated rings. The molecular formula is C18H34N8O7S. The number of aliphatic hydroxyl groups is 1. The normalized spacial score (nSPS) is 14.1. The number of aliphatic hydroxyl groups excluding tert-OH is 1. The molecule has 194 valence electrons. The zero-order valence-corrected chi connectivity index (χ0v) is 19.7. The van der Waals surface area contributed by atoms with Crippen LogP contribution in [0.2, 0.25) is 0 Å². The van der Waals surface area contributed by atoms with Crippen LogP contribution in [0.25, 0.3) is 0 Å². The Morgan fingerprint density at radius 3 is 1.97 bits per heavy atom. The second-order valence-corrected chi connectivity index (χ2v) is 8.20. The van der Waals surface area contributed by atoms with Gasteiger partial charge in [-0.2, -0.15) is 11.8 Å². The number of amides is 4. The van der Waals surface area contributed by atoms with Crippen molar-refractivity contribution < 1.29 is 34.2 Å². The lowest BCUT2D eigenvalue weighted by molar-refractivity contribution is -0.144. The molecule has 4 atom stereocenters. The van der Waals surface area contributed by atoms with Crippen molar-refractivity contribution in [1.29, 1.82) is 0 Å². The third-order valence-electron chi connectivity index (χ3n) is 4.38. The van der Waals surface area contributed by atoms with Gasteiger partial charge in [0.15, 0.2) is 5.96 Å². The lowest BCUT2D eigenvalue weighted by Crippen LogP contribution is -2.58. The first-order chi connectivity index (χ1) is 15.9. The number of guanidine groups is 1. The number of hydrogen-bond donors (Lipinski definition) is 9. The first-order valence-corrected chi connectivity index (χ1v) is 11.6. The Morgan fingerprint density at radius 2 is 1.47 bits per heavy atom. The zero-order chi connectivity index (χ0) is 26.3. The van der Waals surface area contributed by atoms with Crippen LogP contribution in [0.1, 0.15) is 25.7 Å². The molecule has 4 amide bonds. The number of carbonyl (C=O) groups is 5. The number of nitrogens with two attached hydrogens (primary N) is 4. The van der Waals surface area contributed by atoms with Gasteiger partial charge in [-0.1, -0.05) is 0 Å². The Labute approximate surface area is 200 Å². The highest BCUT2D eigenvalue weighted by Gasteiger charge is 2.30. The fraction of sp³-hybridized carbons (Fsp3) is 0.667. The van der Waals surface area contributed by atoms with Gasteiger partial charge in [0.2, 0.25) is 23.6 Å². The van der Waals surface area contributed by atoms with Crippen LogP contribution in [-0.2, 0) is 24.0 Å².